The standard InChI is InChI=1S/C24H20N2O4/c1-28-20-14-26-15-21-22(20)23(30-27)12-11-19(17-5-3-2-4-6-17)24(23,29-21)18-9-7-16(13-25)8-10-18/h2-10,14-15,19,27H,11-12H2,1H3/t19-,23+,24?/m0/s1. The molecule has 1 aromatic heterocycles. The predicted molar refractivity (Wildman–Crippen MR) is 108 cm³/mol. The average molecular weight is 400 g/mol. The highest BCUT2D eigenvalue weighted by Crippen LogP contribution is 2.69. The molecule has 3 aromatic rings. The number of rotatable bonds is 4. The van der Waals surface area contributed by atoms with Crippen LogP contribution < -0.4 is 9.47 Å². The van der Waals surface area contributed by atoms with Gasteiger partial charge in [0.25, 0.3) is 0 Å². The lowest BCUT2D eigenvalue weighted by Gasteiger charge is -2.41. The van der Waals surface area contributed by atoms with Crippen LogP contribution in [0.5, 0.6) is 11.5 Å². The van der Waals surface area contributed by atoms with E-state index >= 15 is 0 Å². The fourth-order valence-electron chi connectivity index (χ4n) is 5.24. The molecule has 5 rings (SSSR count). The Kier molecular flexibility index (Phi) is 4.24. The first kappa shape index (κ1) is 18.6. The zero-order valence-corrected chi connectivity index (χ0v) is 16.4. The van der Waals surface area contributed by atoms with E-state index in [1.807, 2.05) is 30.3 Å². The minimum Gasteiger partial charge on any atom is -0.495 e. The molecule has 6 heteroatoms. The number of nitriles is 1. The highest BCUT2D eigenvalue weighted by Gasteiger charge is 2.71. The van der Waals surface area contributed by atoms with E-state index in [1.165, 1.54) is 0 Å². The fourth-order valence-corrected chi connectivity index (χ4v) is 5.24. The molecule has 0 saturated heterocycles. The minimum absolute atomic E-state index is 0.101. The summed E-state index contributed by atoms with van der Waals surface area (Å²) in [5.41, 5.74) is 0.891. The number of hydrogen-bond donors (Lipinski definition) is 1. The Labute approximate surface area is 174 Å². The lowest BCUT2D eigenvalue weighted by Crippen LogP contribution is -2.49. The van der Waals surface area contributed by atoms with Crippen molar-refractivity contribution in [3.8, 4) is 17.6 Å². The van der Waals surface area contributed by atoms with Crippen molar-refractivity contribution in [1.29, 1.82) is 5.26 Å². The van der Waals surface area contributed by atoms with E-state index in [9.17, 15) is 10.5 Å². The van der Waals surface area contributed by atoms with E-state index in [0.717, 1.165) is 17.5 Å². The van der Waals surface area contributed by atoms with Crippen molar-refractivity contribution in [3.05, 3.63) is 89.2 Å². The molecule has 1 saturated carbocycles. The largest absolute Gasteiger partial charge is 0.495 e. The smallest absolute Gasteiger partial charge is 0.180 e. The molecule has 1 fully saturated rings. The predicted octanol–water partition coefficient (Wildman–Crippen LogP) is 4.51. The van der Waals surface area contributed by atoms with Gasteiger partial charge in [0.15, 0.2) is 11.2 Å². The average Bonchev–Trinajstić information content (AvgIpc) is 3.29. The number of methoxy groups -OCH3 is 1. The summed E-state index contributed by atoms with van der Waals surface area (Å²) in [6.45, 7) is 0. The molecule has 1 N–H and O–H groups in total. The van der Waals surface area contributed by atoms with Crippen LogP contribution in [0, 0.1) is 11.3 Å². The molecule has 0 radical (unpaired) electrons. The van der Waals surface area contributed by atoms with Gasteiger partial charge in [-0.1, -0.05) is 42.5 Å². The first-order valence-electron chi connectivity index (χ1n) is 9.80. The van der Waals surface area contributed by atoms with Crippen LogP contribution in [0.15, 0.2) is 67.0 Å². The molecule has 0 spiro atoms. The van der Waals surface area contributed by atoms with E-state index in [1.54, 1.807) is 31.6 Å². The molecule has 1 aliphatic heterocycles. The zero-order valence-electron chi connectivity index (χ0n) is 16.4. The Morgan fingerprint density at radius 2 is 1.90 bits per heavy atom. The van der Waals surface area contributed by atoms with Gasteiger partial charge in [-0.05, 0) is 36.1 Å². The summed E-state index contributed by atoms with van der Waals surface area (Å²) in [7, 11) is 1.56. The first-order valence-corrected chi connectivity index (χ1v) is 9.80. The van der Waals surface area contributed by atoms with Crippen LogP contribution in [0.1, 0.15) is 41.0 Å². The van der Waals surface area contributed by atoms with Gasteiger partial charge in [0.05, 0.1) is 36.7 Å². The molecule has 30 heavy (non-hydrogen) atoms. The maximum atomic E-state index is 10.4. The number of pyridine rings is 1. The molecule has 150 valence electrons. The Morgan fingerprint density at radius 1 is 1.13 bits per heavy atom. The number of nitrogens with zero attached hydrogens (tertiary/aromatic N) is 2. The third kappa shape index (κ3) is 2.28. The molecule has 0 amide bonds. The monoisotopic (exact) mass is 400 g/mol. The second-order valence-electron chi connectivity index (χ2n) is 7.66. The van der Waals surface area contributed by atoms with Crippen LogP contribution in [0.2, 0.25) is 0 Å². The Balaban J connectivity index is 1.80. The zero-order chi connectivity index (χ0) is 20.8. The summed E-state index contributed by atoms with van der Waals surface area (Å²) in [5, 5.41) is 19.6. The van der Waals surface area contributed by atoms with Crippen LogP contribution in [0.25, 0.3) is 0 Å². The Morgan fingerprint density at radius 3 is 2.57 bits per heavy atom. The van der Waals surface area contributed by atoms with E-state index in [2.05, 4.69) is 23.2 Å². The molecular weight excluding hydrogens is 380 g/mol. The number of ether oxygens (including phenoxy) is 2. The van der Waals surface area contributed by atoms with Crippen LogP contribution in [-0.2, 0) is 16.1 Å². The molecule has 3 atom stereocenters. The number of hydrogen-bond acceptors (Lipinski definition) is 6. The summed E-state index contributed by atoms with van der Waals surface area (Å²) in [4.78, 5) is 9.60. The fraction of sp³-hybridized carbons (Fsp3) is 0.250. The van der Waals surface area contributed by atoms with Gasteiger partial charge >= 0.3 is 0 Å². The van der Waals surface area contributed by atoms with Gasteiger partial charge < -0.3 is 9.47 Å². The second kappa shape index (κ2) is 6.84. The number of fused-ring (bicyclic) bond motifs is 3. The van der Waals surface area contributed by atoms with E-state index < -0.39 is 11.2 Å². The molecule has 2 aliphatic rings. The van der Waals surface area contributed by atoms with E-state index in [4.69, 9.17) is 14.4 Å². The van der Waals surface area contributed by atoms with Gasteiger partial charge in [-0.3, -0.25) is 10.2 Å². The van der Waals surface area contributed by atoms with Crippen molar-refractivity contribution in [1.82, 2.24) is 4.98 Å². The van der Waals surface area contributed by atoms with Crippen molar-refractivity contribution in [2.24, 2.45) is 0 Å². The van der Waals surface area contributed by atoms with Gasteiger partial charge in [0.2, 0.25) is 0 Å². The van der Waals surface area contributed by atoms with E-state index in [0.29, 0.717) is 29.0 Å². The van der Waals surface area contributed by atoms with Gasteiger partial charge in [0.1, 0.15) is 11.5 Å². The minimum atomic E-state index is -1.18. The maximum Gasteiger partial charge on any atom is 0.180 e. The third-order valence-corrected chi connectivity index (χ3v) is 6.45. The molecule has 2 aromatic carbocycles. The summed E-state index contributed by atoms with van der Waals surface area (Å²) < 4.78 is 12.2. The molecule has 6 nitrogen and oxygen atoms in total. The van der Waals surface area contributed by atoms with Crippen LogP contribution in [0.4, 0.5) is 0 Å². The van der Waals surface area contributed by atoms with Crippen molar-refractivity contribution in [2.45, 2.75) is 30.0 Å². The quantitative estimate of drug-likeness (QED) is 0.512. The van der Waals surface area contributed by atoms with Gasteiger partial charge in [-0.2, -0.15) is 5.26 Å². The van der Waals surface area contributed by atoms with Gasteiger partial charge in [0, 0.05) is 5.92 Å². The van der Waals surface area contributed by atoms with Crippen molar-refractivity contribution < 1.29 is 19.6 Å². The molecule has 1 unspecified atom stereocenters. The summed E-state index contributed by atoms with van der Waals surface area (Å²) >= 11 is 0. The lowest BCUT2D eigenvalue weighted by atomic mass is 9.71. The Bertz CT molecular complexity index is 1130. The van der Waals surface area contributed by atoms with Crippen molar-refractivity contribution >= 4 is 0 Å². The normalized spacial score (nSPS) is 26.4. The summed E-state index contributed by atoms with van der Waals surface area (Å²) in [6.07, 6.45) is 4.49. The molecule has 0 bridgehead atoms. The lowest BCUT2D eigenvalue weighted by molar-refractivity contribution is -0.357. The topological polar surface area (TPSA) is 84.6 Å². The van der Waals surface area contributed by atoms with Crippen LogP contribution >= 0.6 is 0 Å². The second-order valence-corrected chi connectivity index (χ2v) is 7.66. The molecular formula is C24H20N2O4. The van der Waals surface area contributed by atoms with Crippen molar-refractivity contribution in [3.63, 3.8) is 0 Å². The Hall–Kier alpha value is -3.40. The SMILES string of the molecule is COc1cncc2c1[C@]1(OO)CC[C@@H](c3ccccc3)C1(c1ccc(C#N)cc1)O2. The molecule has 2 heterocycles. The number of aromatic nitrogens is 1. The highest BCUT2D eigenvalue weighted by atomic mass is 17.1. The number of benzene rings is 2. The van der Waals surface area contributed by atoms with Crippen LogP contribution in [-0.4, -0.2) is 17.4 Å². The van der Waals surface area contributed by atoms with E-state index in [-0.39, 0.29) is 5.92 Å². The van der Waals surface area contributed by atoms with Gasteiger partial charge in [-0.15, -0.1) is 0 Å². The maximum absolute atomic E-state index is 10.4. The molecule has 1 aliphatic carbocycles. The highest BCUT2D eigenvalue weighted by molar-refractivity contribution is 5.58. The third-order valence-electron chi connectivity index (χ3n) is 6.45. The first-order chi connectivity index (χ1) is 14.7. The van der Waals surface area contributed by atoms with Crippen molar-refractivity contribution in [2.75, 3.05) is 7.11 Å². The summed E-state index contributed by atoms with van der Waals surface area (Å²) in [6, 6.07) is 19.5. The van der Waals surface area contributed by atoms with Crippen LogP contribution in [0.3, 0.4) is 0 Å². The summed E-state index contributed by atoms with van der Waals surface area (Å²) in [5.74, 6) is 0.926. The van der Waals surface area contributed by atoms with Gasteiger partial charge in [-0.25, -0.2) is 4.89 Å².